The molecule has 2 rings (SSSR count). The Morgan fingerprint density at radius 2 is 2.22 bits per heavy atom. The van der Waals surface area contributed by atoms with E-state index in [9.17, 15) is 9.59 Å². The Morgan fingerprint density at radius 1 is 1.50 bits per heavy atom. The van der Waals surface area contributed by atoms with Crippen molar-refractivity contribution in [3.8, 4) is 0 Å². The van der Waals surface area contributed by atoms with Gasteiger partial charge in [0, 0.05) is 12.4 Å². The quantitative estimate of drug-likeness (QED) is 0.721. The first-order chi connectivity index (χ1) is 8.45. The average molecular weight is 250 g/mol. The minimum Gasteiger partial charge on any atom is -0.469 e. The van der Waals surface area contributed by atoms with Crippen LogP contribution in [0.1, 0.15) is 13.8 Å². The van der Waals surface area contributed by atoms with Crippen LogP contribution in [0.3, 0.4) is 0 Å². The van der Waals surface area contributed by atoms with Gasteiger partial charge in [-0.05, 0) is 13.8 Å². The molecule has 0 aromatic carbocycles. The van der Waals surface area contributed by atoms with Gasteiger partial charge in [0.2, 0.25) is 0 Å². The third-order valence-electron chi connectivity index (χ3n) is 2.67. The van der Waals surface area contributed by atoms with E-state index in [1.54, 1.807) is 13.8 Å². The summed E-state index contributed by atoms with van der Waals surface area (Å²) >= 11 is 0. The van der Waals surface area contributed by atoms with Crippen LogP contribution in [0.5, 0.6) is 0 Å². The maximum absolute atomic E-state index is 12.0. The standard InChI is InChI=1S/C11H14N4O3/c1-11(2,9(16)18-3)7-15-10(17)14-5-4-12-6-8(14)13-15/h4-6H,7H2,1-3H3. The van der Waals surface area contributed by atoms with E-state index >= 15 is 0 Å². The number of carbonyl (C=O) groups is 1. The summed E-state index contributed by atoms with van der Waals surface area (Å²) in [6.07, 6.45) is 4.53. The molecule has 0 saturated carbocycles. The second-order valence-corrected chi connectivity index (χ2v) is 4.62. The molecule has 0 bridgehead atoms. The highest BCUT2D eigenvalue weighted by molar-refractivity contribution is 5.75. The normalized spacial score (nSPS) is 11.7. The lowest BCUT2D eigenvalue weighted by Crippen LogP contribution is -2.35. The van der Waals surface area contributed by atoms with Crippen molar-refractivity contribution >= 4 is 11.6 Å². The first-order valence-corrected chi connectivity index (χ1v) is 5.43. The van der Waals surface area contributed by atoms with E-state index in [1.165, 1.54) is 34.8 Å². The van der Waals surface area contributed by atoms with E-state index in [1.807, 2.05) is 0 Å². The Balaban J connectivity index is 2.41. The molecule has 0 aliphatic carbocycles. The van der Waals surface area contributed by atoms with E-state index in [0.29, 0.717) is 5.65 Å². The van der Waals surface area contributed by atoms with Gasteiger partial charge in [-0.3, -0.25) is 9.78 Å². The third-order valence-corrected chi connectivity index (χ3v) is 2.67. The number of methoxy groups -OCH3 is 1. The highest BCUT2D eigenvalue weighted by Gasteiger charge is 2.30. The lowest BCUT2D eigenvalue weighted by molar-refractivity contribution is -0.151. The summed E-state index contributed by atoms with van der Waals surface area (Å²) in [7, 11) is 1.32. The summed E-state index contributed by atoms with van der Waals surface area (Å²) < 4.78 is 7.32. The highest BCUT2D eigenvalue weighted by Crippen LogP contribution is 2.18. The topological polar surface area (TPSA) is 78.5 Å². The molecule has 2 aromatic heterocycles. The SMILES string of the molecule is COC(=O)C(C)(C)Cn1nc2cnccn2c1=O. The minimum absolute atomic E-state index is 0.153. The van der Waals surface area contributed by atoms with Gasteiger partial charge in [-0.1, -0.05) is 0 Å². The highest BCUT2D eigenvalue weighted by atomic mass is 16.5. The summed E-state index contributed by atoms with van der Waals surface area (Å²) in [5.41, 5.74) is -0.670. The zero-order valence-electron chi connectivity index (χ0n) is 10.5. The van der Waals surface area contributed by atoms with Gasteiger partial charge in [-0.2, -0.15) is 0 Å². The molecule has 2 aromatic rings. The largest absolute Gasteiger partial charge is 0.469 e. The molecule has 2 heterocycles. The number of aromatic nitrogens is 4. The number of rotatable bonds is 3. The Labute approximate surface area is 103 Å². The van der Waals surface area contributed by atoms with Crippen molar-refractivity contribution in [2.45, 2.75) is 20.4 Å². The maximum Gasteiger partial charge on any atom is 0.350 e. The lowest BCUT2D eigenvalue weighted by atomic mass is 9.94. The molecule has 96 valence electrons. The van der Waals surface area contributed by atoms with Crippen molar-refractivity contribution in [2.75, 3.05) is 7.11 Å². The molecule has 0 N–H and O–H groups in total. The number of nitrogens with zero attached hydrogens (tertiary/aromatic N) is 4. The second kappa shape index (κ2) is 4.25. The zero-order valence-corrected chi connectivity index (χ0v) is 10.5. The van der Waals surface area contributed by atoms with Crippen LogP contribution in [-0.4, -0.2) is 32.2 Å². The van der Waals surface area contributed by atoms with Crippen LogP contribution in [0.2, 0.25) is 0 Å². The number of fused-ring (bicyclic) bond motifs is 1. The lowest BCUT2D eigenvalue weighted by Gasteiger charge is -2.20. The van der Waals surface area contributed by atoms with Crippen LogP contribution in [0.4, 0.5) is 0 Å². The van der Waals surface area contributed by atoms with E-state index in [2.05, 4.69) is 10.1 Å². The summed E-state index contributed by atoms with van der Waals surface area (Å²) in [5.74, 6) is -0.385. The fourth-order valence-electron chi connectivity index (χ4n) is 1.70. The van der Waals surface area contributed by atoms with Crippen molar-refractivity contribution < 1.29 is 9.53 Å². The number of carbonyl (C=O) groups excluding carboxylic acids is 1. The molecule has 0 atom stereocenters. The molecule has 7 nitrogen and oxygen atoms in total. The van der Waals surface area contributed by atoms with Gasteiger partial charge in [-0.25, -0.2) is 13.9 Å². The molecule has 0 spiro atoms. The number of esters is 1. The van der Waals surface area contributed by atoms with Gasteiger partial charge in [0.05, 0.1) is 25.3 Å². The van der Waals surface area contributed by atoms with Crippen LogP contribution in [0.25, 0.3) is 5.65 Å². The smallest absolute Gasteiger partial charge is 0.350 e. The summed E-state index contributed by atoms with van der Waals surface area (Å²) in [6.45, 7) is 3.56. The van der Waals surface area contributed by atoms with E-state index < -0.39 is 5.41 Å². The molecule has 0 amide bonds. The van der Waals surface area contributed by atoms with Crippen molar-refractivity contribution in [1.29, 1.82) is 0 Å². The van der Waals surface area contributed by atoms with Crippen LogP contribution in [0, 0.1) is 5.41 Å². The fraction of sp³-hybridized carbons (Fsp3) is 0.455. The summed E-state index contributed by atoms with van der Waals surface area (Å²) in [5, 5.41) is 4.11. The van der Waals surface area contributed by atoms with Gasteiger partial charge in [0.1, 0.15) is 0 Å². The number of ether oxygens (including phenoxy) is 1. The first kappa shape index (κ1) is 12.3. The molecular weight excluding hydrogens is 236 g/mol. The van der Waals surface area contributed by atoms with Gasteiger partial charge >= 0.3 is 11.7 Å². The molecule has 7 heteroatoms. The van der Waals surface area contributed by atoms with Crippen molar-refractivity contribution in [3.63, 3.8) is 0 Å². The Bertz CT molecular complexity index is 641. The predicted octanol–water partition coefficient (Wildman–Crippen LogP) is 0.0902. The van der Waals surface area contributed by atoms with E-state index in [4.69, 9.17) is 4.74 Å². The predicted molar refractivity (Wildman–Crippen MR) is 63.0 cm³/mol. The van der Waals surface area contributed by atoms with E-state index in [0.717, 1.165) is 0 Å². The molecule has 0 aliphatic heterocycles. The first-order valence-electron chi connectivity index (χ1n) is 5.43. The molecular formula is C11H14N4O3. The van der Waals surface area contributed by atoms with E-state index in [-0.39, 0.29) is 18.2 Å². The molecule has 0 radical (unpaired) electrons. The number of hydrogen-bond acceptors (Lipinski definition) is 5. The van der Waals surface area contributed by atoms with Gasteiger partial charge in [0.15, 0.2) is 5.65 Å². The summed E-state index contributed by atoms with van der Waals surface area (Å²) in [6, 6.07) is 0. The van der Waals surface area contributed by atoms with Crippen LogP contribution < -0.4 is 5.69 Å². The van der Waals surface area contributed by atoms with Crippen LogP contribution >= 0.6 is 0 Å². The third kappa shape index (κ3) is 1.99. The van der Waals surface area contributed by atoms with Gasteiger partial charge in [0.25, 0.3) is 0 Å². The van der Waals surface area contributed by atoms with Crippen molar-refractivity contribution in [3.05, 3.63) is 29.1 Å². The number of hydrogen-bond donors (Lipinski definition) is 0. The van der Waals surface area contributed by atoms with Crippen molar-refractivity contribution in [1.82, 2.24) is 19.2 Å². The zero-order chi connectivity index (χ0) is 13.3. The Morgan fingerprint density at radius 3 is 2.83 bits per heavy atom. The van der Waals surface area contributed by atoms with Crippen LogP contribution in [0.15, 0.2) is 23.4 Å². The summed E-state index contributed by atoms with van der Waals surface area (Å²) in [4.78, 5) is 27.5. The molecule has 0 saturated heterocycles. The van der Waals surface area contributed by atoms with Gasteiger partial charge < -0.3 is 4.74 Å². The average Bonchev–Trinajstić information content (AvgIpc) is 2.65. The van der Waals surface area contributed by atoms with Crippen molar-refractivity contribution in [2.24, 2.45) is 5.41 Å². The monoisotopic (exact) mass is 250 g/mol. The fourth-order valence-corrected chi connectivity index (χ4v) is 1.70. The second-order valence-electron chi connectivity index (χ2n) is 4.62. The molecule has 0 aliphatic rings. The minimum atomic E-state index is -0.816. The van der Waals surface area contributed by atoms with Crippen LogP contribution in [-0.2, 0) is 16.1 Å². The maximum atomic E-state index is 12.0. The van der Waals surface area contributed by atoms with Gasteiger partial charge in [-0.15, -0.1) is 5.10 Å². The molecule has 0 fully saturated rings. The Hall–Kier alpha value is -2.18. The Kier molecular flexibility index (Phi) is 2.90. The molecule has 18 heavy (non-hydrogen) atoms. The molecule has 0 unspecified atom stereocenters.